The molecule has 17 heavy (non-hydrogen) atoms. The fourth-order valence-corrected chi connectivity index (χ4v) is 1.12. The molecule has 0 aromatic heterocycles. The molecule has 0 aromatic rings. The molecule has 1 N–H and O–H groups in total. The van der Waals surface area contributed by atoms with Crippen LogP contribution in [0.3, 0.4) is 0 Å². The molecule has 0 aromatic carbocycles. The van der Waals surface area contributed by atoms with Crippen molar-refractivity contribution in [3.05, 3.63) is 12.2 Å². The normalized spacial score (nSPS) is 12.8. The number of carboxylic acid groups (broad SMARTS) is 1. The topological polar surface area (TPSA) is 66.8 Å². The van der Waals surface area contributed by atoms with E-state index in [1.807, 2.05) is 20.8 Å². The number of hydrogen-bond acceptors (Lipinski definition) is 3. The van der Waals surface area contributed by atoms with Gasteiger partial charge in [-0.1, -0.05) is 6.08 Å². The number of rotatable bonds is 6. The molecule has 0 atom stereocenters. The molecule has 0 bridgehead atoms. The molecule has 0 fully saturated rings. The Morgan fingerprint density at radius 2 is 1.82 bits per heavy atom. The van der Waals surface area contributed by atoms with E-state index in [9.17, 15) is 9.59 Å². The molecule has 0 rings (SSSR count). The summed E-state index contributed by atoms with van der Waals surface area (Å²) < 4.78 is 0. The summed E-state index contributed by atoms with van der Waals surface area (Å²) in [6.45, 7) is 9.13. The van der Waals surface area contributed by atoms with Gasteiger partial charge in [-0.3, -0.25) is 9.63 Å². The van der Waals surface area contributed by atoms with Crippen LogP contribution in [0.2, 0.25) is 0 Å². The largest absolute Gasteiger partial charge is 0.478 e. The lowest BCUT2D eigenvalue weighted by Crippen LogP contribution is -2.46. The Kier molecular flexibility index (Phi) is 5.35. The van der Waals surface area contributed by atoms with Crippen molar-refractivity contribution < 1.29 is 19.5 Å². The van der Waals surface area contributed by atoms with Gasteiger partial charge in [-0.15, -0.1) is 0 Å². The number of hydroxylamine groups is 2. The summed E-state index contributed by atoms with van der Waals surface area (Å²) >= 11 is 0. The average Bonchev–Trinajstić information content (AvgIpc) is 2.11. The monoisotopic (exact) mass is 243 g/mol. The molecule has 0 aliphatic heterocycles. The van der Waals surface area contributed by atoms with Crippen LogP contribution in [0.5, 0.6) is 0 Å². The second kappa shape index (κ2) is 5.82. The molecule has 0 unspecified atom stereocenters. The molecular weight excluding hydrogens is 222 g/mol. The van der Waals surface area contributed by atoms with Crippen molar-refractivity contribution in [1.29, 1.82) is 0 Å². The molecule has 0 aliphatic rings. The molecule has 0 heterocycles. The summed E-state index contributed by atoms with van der Waals surface area (Å²) in [4.78, 5) is 26.8. The number of aliphatic carboxylic acids is 1. The molecule has 0 aliphatic carbocycles. The SMILES string of the molecule is CC(C)(C)ON(C=O)C(C)(C)C/C=C/C(=O)O. The smallest absolute Gasteiger partial charge is 0.327 e. The van der Waals surface area contributed by atoms with Crippen molar-refractivity contribution >= 4 is 12.4 Å². The van der Waals surface area contributed by atoms with E-state index in [1.54, 1.807) is 13.8 Å². The van der Waals surface area contributed by atoms with Gasteiger partial charge in [-0.05, 0) is 41.0 Å². The van der Waals surface area contributed by atoms with E-state index >= 15 is 0 Å². The lowest BCUT2D eigenvalue weighted by atomic mass is 10.0. The molecule has 5 heteroatoms. The maximum absolute atomic E-state index is 11.0. The van der Waals surface area contributed by atoms with Crippen molar-refractivity contribution in [3.8, 4) is 0 Å². The second-order valence-corrected chi connectivity index (χ2v) is 5.39. The molecule has 0 spiro atoms. The van der Waals surface area contributed by atoms with Gasteiger partial charge in [-0.2, -0.15) is 0 Å². The number of hydrogen-bond donors (Lipinski definition) is 1. The van der Waals surface area contributed by atoms with Crippen LogP contribution in [0.1, 0.15) is 41.0 Å². The minimum atomic E-state index is -1.00. The Bertz CT molecular complexity index is 302. The van der Waals surface area contributed by atoms with Crippen molar-refractivity contribution in [3.63, 3.8) is 0 Å². The molecule has 0 radical (unpaired) electrons. The van der Waals surface area contributed by atoms with Crippen LogP contribution in [-0.4, -0.2) is 33.7 Å². The zero-order valence-electron chi connectivity index (χ0n) is 11.1. The standard InChI is InChI=1S/C12H21NO4/c1-11(2,3)17-13(9-14)12(4,5)8-6-7-10(15)16/h6-7,9H,8H2,1-5H3,(H,15,16)/b7-6+. The van der Waals surface area contributed by atoms with Crippen LogP contribution in [-0.2, 0) is 14.4 Å². The summed E-state index contributed by atoms with van der Waals surface area (Å²) in [6, 6.07) is 0. The first-order valence-electron chi connectivity index (χ1n) is 5.42. The second-order valence-electron chi connectivity index (χ2n) is 5.39. The van der Waals surface area contributed by atoms with Gasteiger partial charge in [0, 0.05) is 6.08 Å². The quantitative estimate of drug-likeness (QED) is 0.440. The van der Waals surface area contributed by atoms with Crippen molar-refractivity contribution in [2.75, 3.05) is 0 Å². The first kappa shape index (κ1) is 15.6. The summed E-state index contributed by atoms with van der Waals surface area (Å²) in [5, 5.41) is 9.71. The van der Waals surface area contributed by atoms with Crippen LogP contribution in [0.4, 0.5) is 0 Å². The highest BCUT2D eigenvalue weighted by molar-refractivity contribution is 5.79. The average molecular weight is 243 g/mol. The van der Waals surface area contributed by atoms with Gasteiger partial charge in [0.25, 0.3) is 0 Å². The minimum absolute atomic E-state index is 0.397. The van der Waals surface area contributed by atoms with Crippen molar-refractivity contribution in [1.82, 2.24) is 5.06 Å². The molecule has 0 saturated heterocycles. The maximum atomic E-state index is 11.0. The maximum Gasteiger partial charge on any atom is 0.327 e. The Balaban J connectivity index is 4.63. The number of carbonyl (C=O) groups is 2. The Morgan fingerprint density at radius 3 is 2.18 bits per heavy atom. The fraction of sp³-hybridized carbons (Fsp3) is 0.667. The van der Waals surface area contributed by atoms with Gasteiger partial charge in [-0.25, -0.2) is 9.86 Å². The molecule has 0 saturated carbocycles. The number of carbonyl (C=O) groups excluding carboxylic acids is 1. The highest BCUT2D eigenvalue weighted by Crippen LogP contribution is 2.22. The number of carboxylic acids is 1. The van der Waals surface area contributed by atoms with Crippen molar-refractivity contribution in [2.24, 2.45) is 0 Å². The third-order valence-corrected chi connectivity index (χ3v) is 1.94. The predicted molar refractivity (Wildman–Crippen MR) is 64.2 cm³/mol. The van der Waals surface area contributed by atoms with Crippen LogP contribution < -0.4 is 0 Å². The van der Waals surface area contributed by atoms with E-state index < -0.39 is 17.1 Å². The molecule has 5 nitrogen and oxygen atoms in total. The number of nitrogens with zero attached hydrogens (tertiary/aromatic N) is 1. The Labute approximate surface area is 102 Å². The lowest BCUT2D eigenvalue weighted by Gasteiger charge is -2.37. The zero-order valence-corrected chi connectivity index (χ0v) is 11.1. The highest BCUT2D eigenvalue weighted by atomic mass is 16.7. The van der Waals surface area contributed by atoms with Gasteiger partial charge in [0.05, 0.1) is 11.1 Å². The Hall–Kier alpha value is -1.36. The zero-order chi connectivity index (χ0) is 13.7. The van der Waals surface area contributed by atoms with Crippen molar-refractivity contribution in [2.45, 2.75) is 52.2 Å². The predicted octanol–water partition coefficient (Wildman–Crippen LogP) is 1.98. The van der Waals surface area contributed by atoms with E-state index in [4.69, 9.17) is 9.94 Å². The third-order valence-electron chi connectivity index (χ3n) is 1.94. The molecule has 1 amide bonds. The Morgan fingerprint density at radius 1 is 1.29 bits per heavy atom. The van der Waals surface area contributed by atoms with E-state index in [1.165, 1.54) is 11.1 Å². The lowest BCUT2D eigenvalue weighted by molar-refractivity contribution is -0.249. The van der Waals surface area contributed by atoms with Crippen LogP contribution >= 0.6 is 0 Å². The van der Waals surface area contributed by atoms with Gasteiger partial charge in [0.1, 0.15) is 0 Å². The first-order valence-corrected chi connectivity index (χ1v) is 5.42. The molecule has 98 valence electrons. The number of amides is 1. The van der Waals surface area contributed by atoms with Gasteiger partial charge in [0.2, 0.25) is 6.41 Å². The van der Waals surface area contributed by atoms with Crippen LogP contribution in [0.25, 0.3) is 0 Å². The highest BCUT2D eigenvalue weighted by Gasteiger charge is 2.29. The summed E-state index contributed by atoms with van der Waals surface area (Å²) in [5.41, 5.74) is -1.07. The minimum Gasteiger partial charge on any atom is -0.478 e. The van der Waals surface area contributed by atoms with Gasteiger partial charge in [0.15, 0.2) is 0 Å². The summed E-state index contributed by atoms with van der Waals surface area (Å²) in [6.07, 6.45) is 3.57. The fourth-order valence-electron chi connectivity index (χ4n) is 1.12. The molecular formula is C12H21NO4. The van der Waals surface area contributed by atoms with Gasteiger partial charge < -0.3 is 5.11 Å². The van der Waals surface area contributed by atoms with E-state index in [0.717, 1.165) is 6.08 Å². The van der Waals surface area contributed by atoms with Crippen LogP contribution in [0, 0.1) is 0 Å². The third kappa shape index (κ3) is 6.73. The van der Waals surface area contributed by atoms with Crippen LogP contribution in [0.15, 0.2) is 12.2 Å². The van der Waals surface area contributed by atoms with E-state index in [0.29, 0.717) is 12.8 Å². The van der Waals surface area contributed by atoms with E-state index in [2.05, 4.69) is 0 Å². The van der Waals surface area contributed by atoms with Gasteiger partial charge >= 0.3 is 5.97 Å². The van der Waals surface area contributed by atoms with E-state index in [-0.39, 0.29) is 0 Å². The summed E-state index contributed by atoms with van der Waals surface area (Å²) in [5.74, 6) is -1.00. The first-order chi connectivity index (χ1) is 7.58. The summed E-state index contributed by atoms with van der Waals surface area (Å²) in [7, 11) is 0.